The molecule has 0 saturated heterocycles. The number of nitrogens with one attached hydrogen (secondary N) is 1. The van der Waals surface area contributed by atoms with Crippen LogP contribution in [0, 0.1) is 0 Å². The zero-order chi connectivity index (χ0) is 11.5. The van der Waals surface area contributed by atoms with E-state index in [-0.39, 0.29) is 5.78 Å². The number of hydrogen-bond donors (Lipinski definition) is 1. The SMILES string of the molecule is CNC(C)(C)C(=O)Cc1ccc(Cl)cc1. The van der Waals surface area contributed by atoms with Crippen LogP contribution in [0.3, 0.4) is 0 Å². The zero-order valence-corrected chi connectivity index (χ0v) is 10.1. The van der Waals surface area contributed by atoms with Gasteiger partial charge in [0.15, 0.2) is 5.78 Å². The van der Waals surface area contributed by atoms with Crippen LogP contribution in [0.1, 0.15) is 19.4 Å². The molecule has 0 atom stereocenters. The molecule has 1 aromatic carbocycles. The van der Waals surface area contributed by atoms with Gasteiger partial charge in [-0.3, -0.25) is 4.79 Å². The monoisotopic (exact) mass is 225 g/mol. The summed E-state index contributed by atoms with van der Waals surface area (Å²) in [5, 5.41) is 3.69. The number of carbonyl (C=O) groups is 1. The lowest BCUT2D eigenvalue weighted by Gasteiger charge is -2.22. The molecule has 0 bridgehead atoms. The number of benzene rings is 1. The van der Waals surface area contributed by atoms with Gasteiger partial charge in [0.2, 0.25) is 0 Å². The minimum atomic E-state index is -0.473. The molecule has 3 heteroatoms. The van der Waals surface area contributed by atoms with E-state index in [9.17, 15) is 4.79 Å². The van der Waals surface area contributed by atoms with Crippen LogP contribution in [0.2, 0.25) is 5.02 Å². The number of likely N-dealkylation sites (N-methyl/N-ethyl adjacent to an activating group) is 1. The smallest absolute Gasteiger partial charge is 0.156 e. The Bertz CT molecular complexity index is 343. The average molecular weight is 226 g/mol. The number of halogens is 1. The first-order chi connectivity index (χ1) is 6.95. The number of hydrogen-bond acceptors (Lipinski definition) is 2. The van der Waals surface area contributed by atoms with Crippen molar-refractivity contribution in [1.82, 2.24) is 5.32 Å². The lowest BCUT2D eigenvalue weighted by atomic mass is 9.94. The van der Waals surface area contributed by atoms with Crippen LogP contribution in [-0.4, -0.2) is 18.4 Å². The fraction of sp³-hybridized carbons (Fsp3) is 0.417. The summed E-state index contributed by atoms with van der Waals surface area (Å²) < 4.78 is 0. The highest BCUT2D eigenvalue weighted by Crippen LogP contribution is 2.13. The van der Waals surface area contributed by atoms with Crippen molar-refractivity contribution >= 4 is 17.4 Å². The zero-order valence-electron chi connectivity index (χ0n) is 9.30. The summed E-state index contributed by atoms with van der Waals surface area (Å²) in [5.41, 5.74) is 0.521. The van der Waals surface area contributed by atoms with E-state index in [1.807, 2.05) is 26.0 Å². The summed E-state index contributed by atoms with van der Waals surface area (Å²) in [6, 6.07) is 7.37. The molecule has 0 amide bonds. The van der Waals surface area contributed by atoms with Gasteiger partial charge in [0.1, 0.15) is 0 Å². The number of carbonyl (C=O) groups excluding carboxylic acids is 1. The van der Waals surface area contributed by atoms with Gasteiger partial charge in [0.25, 0.3) is 0 Å². The second kappa shape index (κ2) is 4.77. The third kappa shape index (κ3) is 3.33. The van der Waals surface area contributed by atoms with E-state index in [2.05, 4.69) is 5.32 Å². The van der Waals surface area contributed by atoms with Crippen LogP contribution in [0.5, 0.6) is 0 Å². The van der Waals surface area contributed by atoms with Crippen LogP contribution >= 0.6 is 11.6 Å². The summed E-state index contributed by atoms with van der Waals surface area (Å²) in [7, 11) is 1.79. The Hall–Kier alpha value is -0.860. The van der Waals surface area contributed by atoms with Crippen molar-refractivity contribution in [1.29, 1.82) is 0 Å². The van der Waals surface area contributed by atoms with Crippen molar-refractivity contribution in [2.45, 2.75) is 25.8 Å². The molecule has 1 rings (SSSR count). The van der Waals surface area contributed by atoms with E-state index in [4.69, 9.17) is 11.6 Å². The van der Waals surface area contributed by atoms with Gasteiger partial charge in [0.05, 0.1) is 5.54 Å². The molecule has 0 unspecified atom stereocenters. The van der Waals surface area contributed by atoms with Crippen LogP contribution in [0.4, 0.5) is 0 Å². The van der Waals surface area contributed by atoms with E-state index in [1.165, 1.54) is 0 Å². The van der Waals surface area contributed by atoms with Gasteiger partial charge in [-0.15, -0.1) is 0 Å². The molecule has 0 aliphatic heterocycles. The molecular formula is C12H16ClNO. The molecule has 0 aliphatic carbocycles. The topological polar surface area (TPSA) is 29.1 Å². The molecule has 82 valence electrons. The maximum atomic E-state index is 11.9. The highest BCUT2D eigenvalue weighted by atomic mass is 35.5. The summed E-state index contributed by atoms with van der Waals surface area (Å²) >= 11 is 5.77. The third-order valence-corrected chi connectivity index (χ3v) is 2.85. The van der Waals surface area contributed by atoms with Gasteiger partial charge < -0.3 is 5.32 Å². The van der Waals surface area contributed by atoms with Crippen LogP contribution in [-0.2, 0) is 11.2 Å². The first kappa shape index (κ1) is 12.2. The molecule has 0 radical (unpaired) electrons. The Morgan fingerprint density at radius 1 is 1.33 bits per heavy atom. The second-order valence-corrected chi connectivity index (χ2v) is 4.54. The molecular weight excluding hydrogens is 210 g/mol. The molecule has 0 heterocycles. The molecule has 0 fully saturated rings. The van der Waals surface area contributed by atoms with Crippen LogP contribution < -0.4 is 5.32 Å². The molecule has 1 N–H and O–H groups in total. The Balaban J connectivity index is 2.71. The lowest BCUT2D eigenvalue weighted by Crippen LogP contribution is -2.45. The van der Waals surface area contributed by atoms with Gasteiger partial charge in [-0.2, -0.15) is 0 Å². The summed E-state index contributed by atoms with van der Waals surface area (Å²) in [6.45, 7) is 3.76. The van der Waals surface area contributed by atoms with Crippen molar-refractivity contribution in [3.63, 3.8) is 0 Å². The Kier molecular flexibility index (Phi) is 3.89. The predicted molar refractivity (Wildman–Crippen MR) is 63.3 cm³/mol. The Morgan fingerprint density at radius 3 is 2.33 bits per heavy atom. The number of Topliss-reactive ketones (excluding diaryl/α,β-unsaturated/α-hetero) is 1. The van der Waals surface area contributed by atoms with Crippen molar-refractivity contribution in [3.8, 4) is 0 Å². The molecule has 2 nitrogen and oxygen atoms in total. The summed E-state index contributed by atoms with van der Waals surface area (Å²) in [4.78, 5) is 11.9. The average Bonchev–Trinajstić information content (AvgIpc) is 2.21. The lowest BCUT2D eigenvalue weighted by molar-refractivity contribution is -0.123. The first-order valence-electron chi connectivity index (χ1n) is 4.92. The van der Waals surface area contributed by atoms with Gasteiger partial charge in [0, 0.05) is 11.4 Å². The Labute approximate surface area is 95.6 Å². The maximum absolute atomic E-state index is 11.9. The quantitative estimate of drug-likeness (QED) is 0.853. The van der Waals surface area contributed by atoms with E-state index in [1.54, 1.807) is 19.2 Å². The van der Waals surface area contributed by atoms with Gasteiger partial charge >= 0.3 is 0 Å². The van der Waals surface area contributed by atoms with Crippen molar-refractivity contribution in [2.24, 2.45) is 0 Å². The normalized spacial score (nSPS) is 11.5. The molecule has 0 saturated carbocycles. The van der Waals surface area contributed by atoms with Gasteiger partial charge in [-0.1, -0.05) is 23.7 Å². The predicted octanol–water partition coefficient (Wildman–Crippen LogP) is 2.45. The van der Waals surface area contributed by atoms with Crippen LogP contribution in [0.15, 0.2) is 24.3 Å². The van der Waals surface area contributed by atoms with Gasteiger partial charge in [-0.05, 0) is 38.6 Å². The minimum absolute atomic E-state index is 0.173. The standard InChI is InChI=1S/C12H16ClNO/c1-12(2,14-3)11(15)8-9-4-6-10(13)7-5-9/h4-7,14H,8H2,1-3H3. The van der Waals surface area contributed by atoms with Crippen LogP contribution in [0.25, 0.3) is 0 Å². The minimum Gasteiger partial charge on any atom is -0.308 e. The molecule has 15 heavy (non-hydrogen) atoms. The summed E-state index contributed by atoms with van der Waals surface area (Å²) in [5.74, 6) is 0.173. The fourth-order valence-corrected chi connectivity index (χ4v) is 1.27. The van der Waals surface area contributed by atoms with E-state index < -0.39 is 5.54 Å². The highest BCUT2D eigenvalue weighted by Gasteiger charge is 2.24. The van der Waals surface area contributed by atoms with Crippen molar-refractivity contribution in [2.75, 3.05) is 7.05 Å². The molecule has 1 aromatic rings. The number of rotatable bonds is 4. The first-order valence-corrected chi connectivity index (χ1v) is 5.30. The van der Waals surface area contributed by atoms with Gasteiger partial charge in [-0.25, -0.2) is 0 Å². The van der Waals surface area contributed by atoms with E-state index in [0.29, 0.717) is 11.4 Å². The maximum Gasteiger partial charge on any atom is 0.156 e. The van der Waals surface area contributed by atoms with Crippen molar-refractivity contribution < 1.29 is 4.79 Å². The molecule has 0 aliphatic rings. The summed E-state index contributed by atoms with van der Waals surface area (Å²) in [6.07, 6.45) is 0.436. The molecule has 0 spiro atoms. The highest BCUT2D eigenvalue weighted by molar-refractivity contribution is 6.30. The second-order valence-electron chi connectivity index (χ2n) is 4.10. The van der Waals surface area contributed by atoms with E-state index >= 15 is 0 Å². The fourth-order valence-electron chi connectivity index (χ4n) is 1.15. The molecule has 0 aromatic heterocycles. The number of ketones is 1. The van der Waals surface area contributed by atoms with Crippen molar-refractivity contribution in [3.05, 3.63) is 34.9 Å². The third-order valence-electron chi connectivity index (χ3n) is 2.60. The largest absolute Gasteiger partial charge is 0.308 e. The Morgan fingerprint density at radius 2 is 1.87 bits per heavy atom. The van der Waals surface area contributed by atoms with E-state index in [0.717, 1.165) is 5.56 Å².